The highest BCUT2D eigenvalue weighted by Gasteiger charge is 2.25. The van der Waals surface area contributed by atoms with Gasteiger partial charge >= 0.3 is 0 Å². The lowest BCUT2D eigenvalue weighted by molar-refractivity contribution is -0.122. The van der Waals surface area contributed by atoms with Crippen molar-refractivity contribution in [1.29, 1.82) is 0 Å². The third kappa shape index (κ3) is 5.06. The zero-order valence-electron chi connectivity index (χ0n) is 12.9. The zero-order chi connectivity index (χ0) is 16.2. The molecular weight excluding hydrogens is 308 g/mol. The molecule has 0 atom stereocenters. The molecule has 0 unspecified atom stereocenters. The summed E-state index contributed by atoms with van der Waals surface area (Å²) in [6.45, 7) is 2.68. The van der Waals surface area contributed by atoms with Crippen molar-refractivity contribution < 1.29 is 17.7 Å². The maximum Gasteiger partial charge on any atom is 0.226 e. The summed E-state index contributed by atoms with van der Waals surface area (Å²) in [5.74, 6) is 1.12. The Kier molecular flexibility index (Phi) is 5.52. The molecular formula is C13H22N4O4S. The highest BCUT2D eigenvalue weighted by Crippen LogP contribution is 2.13. The van der Waals surface area contributed by atoms with E-state index in [-0.39, 0.29) is 11.9 Å². The molecule has 1 saturated heterocycles. The highest BCUT2D eigenvalue weighted by molar-refractivity contribution is 7.88. The zero-order valence-corrected chi connectivity index (χ0v) is 13.7. The van der Waals surface area contributed by atoms with Gasteiger partial charge in [0.25, 0.3) is 0 Å². The summed E-state index contributed by atoms with van der Waals surface area (Å²) in [5.41, 5.74) is 0. The Balaban J connectivity index is 1.66. The SMILES string of the molecule is Cc1noc(CCCC(=O)NC2CCN(S(C)(=O)=O)CC2)n1. The first-order valence-corrected chi connectivity index (χ1v) is 9.23. The Morgan fingerprint density at radius 3 is 2.64 bits per heavy atom. The molecule has 1 N–H and O–H groups in total. The van der Waals surface area contributed by atoms with Crippen molar-refractivity contribution in [3.8, 4) is 0 Å². The molecule has 22 heavy (non-hydrogen) atoms. The number of carbonyl (C=O) groups excluding carboxylic acids is 1. The molecule has 2 heterocycles. The summed E-state index contributed by atoms with van der Waals surface area (Å²) in [7, 11) is -3.12. The van der Waals surface area contributed by atoms with E-state index in [1.165, 1.54) is 10.6 Å². The molecule has 124 valence electrons. The van der Waals surface area contributed by atoms with Crippen LogP contribution in [0.15, 0.2) is 4.52 Å². The number of piperidine rings is 1. The van der Waals surface area contributed by atoms with Crippen LogP contribution >= 0.6 is 0 Å². The van der Waals surface area contributed by atoms with Crippen molar-refractivity contribution in [3.63, 3.8) is 0 Å². The fourth-order valence-electron chi connectivity index (χ4n) is 2.47. The first kappa shape index (κ1) is 16.9. The van der Waals surface area contributed by atoms with Crippen LogP contribution in [-0.2, 0) is 21.2 Å². The van der Waals surface area contributed by atoms with E-state index >= 15 is 0 Å². The quantitative estimate of drug-likeness (QED) is 0.801. The second-order valence-corrected chi connectivity index (χ2v) is 7.58. The molecule has 1 aliphatic rings. The van der Waals surface area contributed by atoms with Gasteiger partial charge in [-0.1, -0.05) is 5.16 Å². The summed E-state index contributed by atoms with van der Waals surface area (Å²) in [6, 6.07) is 0.0520. The van der Waals surface area contributed by atoms with E-state index in [2.05, 4.69) is 15.5 Å². The van der Waals surface area contributed by atoms with Crippen LogP contribution in [0.25, 0.3) is 0 Å². The fraction of sp³-hybridized carbons (Fsp3) is 0.769. The molecule has 0 aliphatic carbocycles. The summed E-state index contributed by atoms with van der Waals surface area (Å²) >= 11 is 0. The van der Waals surface area contributed by atoms with Crippen LogP contribution in [-0.4, -0.2) is 54.2 Å². The first-order valence-electron chi connectivity index (χ1n) is 7.38. The standard InChI is InChI=1S/C13H22N4O4S/c1-10-14-13(21-16-10)5-3-4-12(18)15-11-6-8-17(9-7-11)22(2,19)20/h11H,3-9H2,1-2H3,(H,15,18). The topological polar surface area (TPSA) is 105 Å². The van der Waals surface area contributed by atoms with Gasteiger partial charge in [0.05, 0.1) is 6.26 Å². The average molecular weight is 330 g/mol. The van der Waals surface area contributed by atoms with Gasteiger partial charge in [-0.15, -0.1) is 0 Å². The van der Waals surface area contributed by atoms with Crippen LogP contribution < -0.4 is 5.32 Å². The molecule has 8 nitrogen and oxygen atoms in total. The monoisotopic (exact) mass is 330 g/mol. The van der Waals surface area contributed by atoms with Gasteiger partial charge in [-0.2, -0.15) is 4.98 Å². The lowest BCUT2D eigenvalue weighted by Crippen LogP contribution is -2.46. The lowest BCUT2D eigenvalue weighted by Gasteiger charge is -2.30. The van der Waals surface area contributed by atoms with Gasteiger partial charge in [-0.3, -0.25) is 4.79 Å². The molecule has 1 aromatic heterocycles. The number of rotatable bonds is 6. The van der Waals surface area contributed by atoms with Gasteiger partial charge in [-0.05, 0) is 26.2 Å². The number of nitrogens with zero attached hydrogens (tertiary/aromatic N) is 3. The largest absolute Gasteiger partial charge is 0.353 e. The summed E-state index contributed by atoms with van der Waals surface area (Å²) in [6.07, 6.45) is 4.15. The van der Waals surface area contributed by atoms with E-state index in [0.29, 0.717) is 56.9 Å². The number of carbonyl (C=O) groups is 1. The molecule has 0 bridgehead atoms. The molecule has 1 fully saturated rings. The van der Waals surface area contributed by atoms with Crippen molar-refractivity contribution in [2.45, 2.75) is 45.1 Å². The van der Waals surface area contributed by atoms with Crippen LogP contribution in [0.3, 0.4) is 0 Å². The molecule has 1 aromatic rings. The molecule has 9 heteroatoms. The minimum Gasteiger partial charge on any atom is -0.353 e. The van der Waals surface area contributed by atoms with Crippen LogP contribution in [0, 0.1) is 6.92 Å². The number of nitrogens with one attached hydrogen (secondary N) is 1. The number of hydrogen-bond donors (Lipinski definition) is 1. The molecule has 0 radical (unpaired) electrons. The predicted molar refractivity (Wildman–Crippen MR) is 79.6 cm³/mol. The highest BCUT2D eigenvalue weighted by atomic mass is 32.2. The summed E-state index contributed by atoms with van der Waals surface area (Å²) < 4.78 is 29.3. The molecule has 0 aromatic carbocycles. The number of hydrogen-bond acceptors (Lipinski definition) is 6. The van der Waals surface area contributed by atoms with Crippen molar-refractivity contribution in [2.75, 3.05) is 19.3 Å². The molecule has 2 rings (SSSR count). The van der Waals surface area contributed by atoms with Gasteiger partial charge in [0, 0.05) is 32.0 Å². The predicted octanol–water partition coefficient (Wildman–Crippen LogP) is 0.241. The Morgan fingerprint density at radius 1 is 1.41 bits per heavy atom. The van der Waals surface area contributed by atoms with E-state index in [9.17, 15) is 13.2 Å². The minimum atomic E-state index is -3.12. The third-order valence-electron chi connectivity index (χ3n) is 3.65. The van der Waals surface area contributed by atoms with Gasteiger partial charge in [-0.25, -0.2) is 12.7 Å². The summed E-state index contributed by atoms with van der Waals surface area (Å²) in [5, 5.41) is 6.65. The van der Waals surface area contributed by atoms with E-state index in [0.717, 1.165) is 0 Å². The molecule has 1 aliphatic heterocycles. The van der Waals surface area contributed by atoms with Crippen molar-refractivity contribution in [1.82, 2.24) is 19.8 Å². The maximum absolute atomic E-state index is 11.9. The van der Waals surface area contributed by atoms with Crippen LogP contribution in [0.5, 0.6) is 0 Å². The lowest BCUT2D eigenvalue weighted by atomic mass is 10.1. The van der Waals surface area contributed by atoms with Crippen molar-refractivity contribution in [2.24, 2.45) is 0 Å². The molecule has 1 amide bonds. The third-order valence-corrected chi connectivity index (χ3v) is 4.96. The Labute approximate surface area is 130 Å². The average Bonchev–Trinajstić information content (AvgIpc) is 2.84. The Hall–Kier alpha value is -1.48. The molecule has 0 saturated carbocycles. The first-order chi connectivity index (χ1) is 10.3. The van der Waals surface area contributed by atoms with E-state index in [1.807, 2.05) is 0 Å². The normalized spacial score (nSPS) is 17.5. The Bertz CT molecular complexity index is 605. The number of sulfonamides is 1. The number of aromatic nitrogens is 2. The van der Waals surface area contributed by atoms with Crippen LogP contribution in [0.4, 0.5) is 0 Å². The smallest absolute Gasteiger partial charge is 0.226 e. The minimum absolute atomic E-state index is 0.0194. The van der Waals surface area contributed by atoms with Gasteiger partial charge in [0.15, 0.2) is 5.82 Å². The second kappa shape index (κ2) is 7.19. The Morgan fingerprint density at radius 2 is 2.09 bits per heavy atom. The number of amides is 1. The second-order valence-electron chi connectivity index (χ2n) is 5.59. The van der Waals surface area contributed by atoms with E-state index in [4.69, 9.17) is 4.52 Å². The van der Waals surface area contributed by atoms with Crippen molar-refractivity contribution >= 4 is 15.9 Å². The van der Waals surface area contributed by atoms with Crippen molar-refractivity contribution in [3.05, 3.63) is 11.7 Å². The van der Waals surface area contributed by atoms with Crippen LogP contribution in [0.2, 0.25) is 0 Å². The number of aryl methyl sites for hydroxylation is 2. The van der Waals surface area contributed by atoms with E-state index in [1.54, 1.807) is 6.92 Å². The summed E-state index contributed by atoms with van der Waals surface area (Å²) in [4.78, 5) is 16.0. The fourth-order valence-corrected chi connectivity index (χ4v) is 3.35. The molecule has 0 spiro atoms. The van der Waals surface area contributed by atoms with Gasteiger partial charge in [0.2, 0.25) is 21.8 Å². The van der Waals surface area contributed by atoms with Crippen LogP contribution in [0.1, 0.15) is 37.4 Å². The van der Waals surface area contributed by atoms with Gasteiger partial charge < -0.3 is 9.84 Å². The maximum atomic E-state index is 11.9. The van der Waals surface area contributed by atoms with Gasteiger partial charge in [0.1, 0.15) is 0 Å². The van der Waals surface area contributed by atoms with E-state index < -0.39 is 10.0 Å².